The first-order valence-corrected chi connectivity index (χ1v) is 12.6. The number of nitrogens with zero attached hydrogens (tertiary/aromatic N) is 2. The first kappa shape index (κ1) is 23.6. The summed E-state index contributed by atoms with van der Waals surface area (Å²) < 4.78 is 34.3. The summed E-state index contributed by atoms with van der Waals surface area (Å²) in [5.41, 5.74) is 3.39. The van der Waals surface area contributed by atoms with E-state index in [1.54, 1.807) is 49.3 Å². The second kappa shape index (κ2) is 9.77. The molecule has 3 aromatic rings. The summed E-state index contributed by atoms with van der Waals surface area (Å²) >= 11 is 0. The van der Waals surface area contributed by atoms with Crippen LogP contribution in [0.2, 0.25) is 0 Å². The van der Waals surface area contributed by atoms with E-state index in [0.29, 0.717) is 43.0 Å². The standard InChI is InChI=1S/C26H29N3O4S/c1-19-7-6-8-22(17-19)27-34(31,32)25-18-21(12-11-20(25)2)26(30)29-15-13-28(14-16-29)23-9-4-5-10-24(23)33-3/h4-12,17-18,27H,13-16H2,1-3H3. The first-order valence-electron chi connectivity index (χ1n) is 11.2. The van der Waals surface area contributed by atoms with Crippen molar-refractivity contribution in [1.29, 1.82) is 0 Å². The summed E-state index contributed by atoms with van der Waals surface area (Å²) in [7, 11) is -2.19. The molecule has 3 aromatic carbocycles. The minimum Gasteiger partial charge on any atom is -0.495 e. The van der Waals surface area contributed by atoms with Gasteiger partial charge in [-0.05, 0) is 61.4 Å². The van der Waals surface area contributed by atoms with Crippen LogP contribution in [0.3, 0.4) is 0 Å². The Kier molecular flexibility index (Phi) is 6.79. The molecule has 0 saturated carbocycles. The maximum absolute atomic E-state index is 13.2. The second-order valence-corrected chi connectivity index (χ2v) is 10.1. The maximum atomic E-state index is 13.2. The molecule has 1 aliphatic rings. The largest absolute Gasteiger partial charge is 0.495 e. The third-order valence-corrected chi connectivity index (χ3v) is 7.51. The number of ether oxygens (including phenoxy) is 1. The van der Waals surface area contributed by atoms with Gasteiger partial charge in [0.1, 0.15) is 5.75 Å². The molecule has 1 aliphatic heterocycles. The molecule has 0 bridgehead atoms. The van der Waals surface area contributed by atoms with Gasteiger partial charge in [0.05, 0.1) is 17.7 Å². The number of piperazine rings is 1. The molecule has 8 heteroatoms. The van der Waals surface area contributed by atoms with Crippen LogP contribution in [0.1, 0.15) is 21.5 Å². The van der Waals surface area contributed by atoms with E-state index in [0.717, 1.165) is 17.0 Å². The van der Waals surface area contributed by atoms with E-state index in [2.05, 4.69) is 9.62 Å². The van der Waals surface area contributed by atoms with Crippen LogP contribution < -0.4 is 14.4 Å². The topological polar surface area (TPSA) is 79.0 Å². The highest BCUT2D eigenvalue weighted by Gasteiger charge is 2.26. The number of carbonyl (C=O) groups is 1. The quantitative estimate of drug-likeness (QED) is 0.577. The van der Waals surface area contributed by atoms with Gasteiger partial charge in [0.15, 0.2) is 0 Å². The molecule has 0 radical (unpaired) electrons. The SMILES string of the molecule is COc1ccccc1N1CCN(C(=O)c2ccc(C)c(S(=O)(=O)Nc3cccc(C)c3)c2)CC1. The Morgan fingerprint density at radius 3 is 2.35 bits per heavy atom. The maximum Gasteiger partial charge on any atom is 0.262 e. The lowest BCUT2D eigenvalue weighted by molar-refractivity contribution is 0.0746. The highest BCUT2D eigenvalue weighted by molar-refractivity contribution is 7.92. The molecule has 1 fully saturated rings. The fourth-order valence-corrected chi connectivity index (χ4v) is 5.49. The lowest BCUT2D eigenvalue weighted by atomic mass is 10.1. The summed E-state index contributed by atoms with van der Waals surface area (Å²) in [5.74, 6) is 0.628. The zero-order valence-corrected chi connectivity index (χ0v) is 20.4. The minimum absolute atomic E-state index is 0.104. The number of hydrogen-bond donors (Lipinski definition) is 1. The van der Waals surface area contributed by atoms with Crippen LogP contribution in [0, 0.1) is 13.8 Å². The van der Waals surface area contributed by atoms with Crippen LogP contribution in [0.25, 0.3) is 0 Å². The van der Waals surface area contributed by atoms with E-state index in [-0.39, 0.29) is 10.8 Å². The molecule has 34 heavy (non-hydrogen) atoms. The number of nitrogens with one attached hydrogen (secondary N) is 1. The van der Waals surface area contributed by atoms with Gasteiger partial charge < -0.3 is 14.5 Å². The minimum atomic E-state index is -3.84. The van der Waals surface area contributed by atoms with Crippen molar-refractivity contribution in [2.45, 2.75) is 18.7 Å². The van der Waals surface area contributed by atoms with Gasteiger partial charge in [-0.1, -0.05) is 30.3 Å². The van der Waals surface area contributed by atoms with Crippen molar-refractivity contribution in [3.8, 4) is 5.75 Å². The molecule has 0 atom stereocenters. The van der Waals surface area contributed by atoms with Crippen molar-refractivity contribution in [1.82, 2.24) is 4.90 Å². The van der Waals surface area contributed by atoms with E-state index in [4.69, 9.17) is 4.74 Å². The number of anilines is 2. The average Bonchev–Trinajstić information content (AvgIpc) is 2.83. The Morgan fingerprint density at radius 1 is 0.912 bits per heavy atom. The molecular weight excluding hydrogens is 450 g/mol. The summed E-state index contributed by atoms with van der Waals surface area (Å²) in [5, 5.41) is 0. The number of hydrogen-bond acceptors (Lipinski definition) is 5. The molecule has 0 unspecified atom stereocenters. The number of benzene rings is 3. The number of amides is 1. The van der Waals surface area contributed by atoms with Crippen LogP contribution >= 0.6 is 0 Å². The highest BCUT2D eigenvalue weighted by atomic mass is 32.2. The van der Waals surface area contributed by atoms with Gasteiger partial charge in [-0.25, -0.2) is 8.42 Å². The fraction of sp³-hybridized carbons (Fsp3) is 0.269. The van der Waals surface area contributed by atoms with E-state index in [1.807, 2.05) is 37.3 Å². The molecule has 1 N–H and O–H groups in total. The zero-order chi connectivity index (χ0) is 24.3. The van der Waals surface area contributed by atoms with Gasteiger partial charge in [0.25, 0.3) is 15.9 Å². The third kappa shape index (κ3) is 5.02. The molecule has 1 saturated heterocycles. The van der Waals surface area contributed by atoms with Gasteiger partial charge in [-0.3, -0.25) is 9.52 Å². The normalized spacial score (nSPS) is 14.1. The summed E-state index contributed by atoms with van der Waals surface area (Å²) in [6.07, 6.45) is 0. The van der Waals surface area contributed by atoms with E-state index in [1.165, 1.54) is 6.07 Å². The Labute approximate surface area is 201 Å². The molecule has 1 heterocycles. The van der Waals surface area contributed by atoms with E-state index >= 15 is 0 Å². The summed E-state index contributed by atoms with van der Waals surface area (Å²) in [6, 6.07) is 19.8. The Morgan fingerprint density at radius 2 is 1.65 bits per heavy atom. The van der Waals surface area contributed by atoms with E-state index in [9.17, 15) is 13.2 Å². The van der Waals surface area contributed by atoms with Crippen LogP contribution in [-0.4, -0.2) is 52.5 Å². The summed E-state index contributed by atoms with van der Waals surface area (Å²) in [4.78, 5) is 17.3. The van der Waals surface area contributed by atoms with Crippen molar-refractivity contribution < 1.29 is 17.9 Å². The number of rotatable bonds is 6. The highest BCUT2D eigenvalue weighted by Crippen LogP contribution is 2.29. The van der Waals surface area contributed by atoms with Gasteiger partial charge in [0.2, 0.25) is 0 Å². The molecule has 0 spiro atoms. The third-order valence-electron chi connectivity index (χ3n) is 5.99. The summed E-state index contributed by atoms with van der Waals surface area (Å²) in [6.45, 7) is 6.03. The van der Waals surface area contributed by atoms with Crippen LogP contribution in [0.5, 0.6) is 5.75 Å². The first-order chi connectivity index (χ1) is 16.3. The zero-order valence-electron chi connectivity index (χ0n) is 19.6. The lowest BCUT2D eigenvalue weighted by Gasteiger charge is -2.36. The molecular formula is C26H29N3O4S. The Hall–Kier alpha value is -3.52. The number of sulfonamides is 1. The van der Waals surface area contributed by atoms with Crippen molar-refractivity contribution >= 4 is 27.3 Å². The predicted molar refractivity (Wildman–Crippen MR) is 134 cm³/mol. The van der Waals surface area contributed by atoms with E-state index < -0.39 is 10.0 Å². The molecule has 0 aliphatic carbocycles. The van der Waals surface area contributed by atoms with Gasteiger partial charge >= 0.3 is 0 Å². The van der Waals surface area contributed by atoms with Crippen molar-refractivity contribution in [2.24, 2.45) is 0 Å². The van der Waals surface area contributed by atoms with Gasteiger partial charge in [-0.2, -0.15) is 0 Å². The molecule has 1 amide bonds. The number of aryl methyl sites for hydroxylation is 2. The van der Waals surface area contributed by atoms with Gasteiger partial charge in [0, 0.05) is 37.4 Å². The smallest absolute Gasteiger partial charge is 0.262 e. The number of para-hydroxylation sites is 2. The van der Waals surface area contributed by atoms with Crippen LogP contribution in [0.4, 0.5) is 11.4 Å². The van der Waals surface area contributed by atoms with Crippen molar-refractivity contribution in [3.05, 3.63) is 83.4 Å². The average molecular weight is 480 g/mol. The van der Waals surface area contributed by atoms with Crippen LogP contribution in [-0.2, 0) is 10.0 Å². The lowest BCUT2D eigenvalue weighted by Crippen LogP contribution is -2.48. The second-order valence-electron chi connectivity index (χ2n) is 8.41. The number of methoxy groups -OCH3 is 1. The molecule has 7 nitrogen and oxygen atoms in total. The molecule has 4 rings (SSSR count). The van der Waals surface area contributed by atoms with Crippen LogP contribution in [0.15, 0.2) is 71.6 Å². The van der Waals surface area contributed by atoms with Crippen molar-refractivity contribution in [3.63, 3.8) is 0 Å². The Bertz CT molecular complexity index is 1300. The fourth-order valence-electron chi connectivity index (χ4n) is 4.17. The predicted octanol–water partition coefficient (Wildman–Crippen LogP) is 4.08. The monoisotopic (exact) mass is 479 g/mol. The number of carbonyl (C=O) groups excluding carboxylic acids is 1. The molecule has 178 valence electrons. The van der Waals surface area contributed by atoms with Crippen molar-refractivity contribution in [2.75, 3.05) is 42.9 Å². The van der Waals surface area contributed by atoms with Gasteiger partial charge in [-0.15, -0.1) is 0 Å². The molecule has 0 aromatic heterocycles. The Balaban J connectivity index is 1.50.